The van der Waals surface area contributed by atoms with Gasteiger partial charge in [0, 0.05) is 12.1 Å². The van der Waals surface area contributed by atoms with Crippen LogP contribution in [0.2, 0.25) is 0 Å². The molecular formula is C13H17N5. The fraction of sp³-hybridized carbons (Fsp3) is 0.462. The monoisotopic (exact) mass is 243 g/mol. The van der Waals surface area contributed by atoms with Gasteiger partial charge < -0.3 is 4.98 Å². The van der Waals surface area contributed by atoms with Gasteiger partial charge in [-0.3, -0.25) is 15.4 Å². The third-order valence-electron chi connectivity index (χ3n) is 3.96. The van der Waals surface area contributed by atoms with Crippen LogP contribution in [-0.4, -0.2) is 20.4 Å². The van der Waals surface area contributed by atoms with E-state index in [1.807, 2.05) is 6.07 Å². The molecule has 0 spiro atoms. The van der Waals surface area contributed by atoms with Crippen molar-refractivity contribution in [1.82, 2.24) is 14.5 Å². The Morgan fingerprint density at radius 1 is 1.50 bits per heavy atom. The minimum absolute atomic E-state index is 0.264. The van der Waals surface area contributed by atoms with E-state index >= 15 is 0 Å². The van der Waals surface area contributed by atoms with Crippen LogP contribution in [-0.2, 0) is 0 Å². The summed E-state index contributed by atoms with van der Waals surface area (Å²) in [6.45, 7) is 2.20. The molecule has 0 radical (unpaired) electrons. The van der Waals surface area contributed by atoms with Gasteiger partial charge in [-0.05, 0) is 24.8 Å². The number of nitrogens with one attached hydrogen (secondary N) is 3. The smallest absolute Gasteiger partial charge is 0.154 e. The number of hydrogen-bond donors (Lipinski definition) is 3. The average Bonchev–Trinajstić information content (AvgIpc) is 2.96. The Labute approximate surface area is 105 Å². The highest BCUT2D eigenvalue weighted by Gasteiger charge is 2.28. The van der Waals surface area contributed by atoms with E-state index in [0.29, 0.717) is 11.8 Å². The van der Waals surface area contributed by atoms with Crippen molar-refractivity contribution in [3.8, 4) is 0 Å². The molecule has 1 aliphatic carbocycles. The Morgan fingerprint density at radius 2 is 2.33 bits per heavy atom. The molecule has 1 saturated carbocycles. The summed E-state index contributed by atoms with van der Waals surface area (Å²) in [4.78, 5) is 7.20. The van der Waals surface area contributed by atoms with Gasteiger partial charge in [0.1, 0.15) is 11.3 Å². The lowest BCUT2D eigenvalue weighted by Crippen LogP contribution is -2.33. The van der Waals surface area contributed by atoms with E-state index in [0.717, 1.165) is 17.6 Å². The maximum Gasteiger partial charge on any atom is 0.154 e. The molecule has 2 atom stereocenters. The number of H-pyrrole nitrogens is 1. The standard InChI is InChI=1S/C13H17N5/c1-8-3-2-4-9(8)12(15)18-10-5-6-16-13(10)17-7-11(18)14/h5-9,14-16H,2-4H2,1H3/t8-,9+/m1/s1. The van der Waals surface area contributed by atoms with Gasteiger partial charge in [0.15, 0.2) is 5.65 Å². The SMILES string of the molecule is C[C@@H]1CCC[C@@H]1C(=N)n1c(=N)cnc2[nH]ccc21. The van der Waals surface area contributed by atoms with Crippen LogP contribution in [0.15, 0.2) is 18.5 Å². The van der Waals surface area contributed by atoms with Crippen LogP contribution in [0, 0.1) is 22.7 Å². The van der Waals surface area contributed by atoms with Crippen LogP contribution in [0.25, 0.3) is 11.2 Å². The van der Waals surface area contributed by atoms with Gasteiger partial charge in [-0.2, -0.15) is 0 Å². The molecule has 2 aromatic heterocycles. The third-order valence-corrected chi connectivity index (χ3v) is 3.96. The van der Waals surface area contributed by atoms with Crippen molar-refractivity contribution in [1.29, 1.82) is 10.8 Å². The van der Waals surface area contributed by atoms with E-state index in [1.165, 1.54) is 19.0 Å². The second kappa shape index (κ2) is 4.08. The fourth-order valence-electron chi connectivity index (χ4n) is 2.93. The molecule has 94 valence electrons. The number of aromatic nitrogens is 3. The van der Waals surface area contributed by atoms with Gasteiger partial charge >= 0.3 is 0 Å². The van der Waals surface area contributed by atoms with Crippen molar-refractivity contribution in [3.05, 3.63) is 23.9 Å². The molecular weight excluding hydrogens is 226 g/mol. The quantitative estimate of drug-likeness (QED) is 0.520. The number of aromatic amines is 1. The summed E-state index contributed by atoms with van der Waals surface area (Å²) in [5, 5.41) is 16.4. The fourth-order valence-corrected chi connectivity index (χ4v) is 2.93. The first-order valence-corrected chi connectivity index (χ1v) is 6.37. The summed E-state index contributed by atoms with van der Waals surface area (Å²) < 4.78 is 1.71. The first-order valence-electron chi connectivity index (χ1n) is 6.37. The maximum absolute atomic E-state index is 8.42. The van der Waals surface area contributed by atoms with Crippen LogP contribution >= 0.6 is 0 Å². The molecule has 5 nitrogen and oxygen atoms in total. The zero-order valence-corrected chi connectivity index (χ0v) is 10.4. The molecule has 0 unspecified atom stereocenters. The first kappa shape index (κ1) is 11.2. The van der Waals surface area contributed by atoms with Crippen LogP contribution in [0.1, 0.15) is 26.2 Å². The van der Waals surface area contributed by atoms with Crippen molar-refractivity contribution >= 4 is 17.0 Å². The van der Waals surface area contributed by atoms with E-state index in [9.17, 15) is 0 Å². The molecule has 0 bridgehead atoms. The predicted octanol–water partition coefficient (Wildman–Crippen LogP) is 2.11. The van der Waals surface area contributed by atoms with Gasteiger partial charge in [-0.25, -0.2) is 4.98 Å². The van der Waals surface area contributed by atoms with E-state index in [1.54, 1.807) is 10.8 Å². The Balaban J connectivity index is 2.13. The van der Waals surface area contributed by atoms with Crippen molar-refractivity contribution < 1.29 is 0 Å². The van der Waals surface area contributed by atoms with Gasteiger partial charge in [0.25, 0.3) is 0 Å². The number of nitrogens with zero attached hydrogens (tertiary/aromatic N) is 2. The van der Waals surface area contributed by atoms with Crippen molar-refractivity contribution in [2.45, 2.75) is 26.2 Å². The van der Waals surface area contributed by atoms with E-state index in [-0.39, 0.29) is 11.4 Å². The Kier molecular flexibility index (Phi) is 2.54. The first-order chi connectivity index (χ1) is 8.68. The molecule has 1 fully saturated rings. The summed E-state index contributed by atoms with van der Waals surface area (Å²) >= 11 is 0. The molecule has 1 aliphatic rings. The summed E-state index contributed by atoms with van der Waals surface area (Å²) in [5.74, 6) is 1.34. The molecule has 3 rings (SSSR count). The number of fused-ring (bicyclic) bond motifs is 1. The van der Waals surface area contributed by atoms with Crippen molar-refractivity contribution in [2.24, 2.45) is 11.8 Å². The molecule has 5 heteroatoms. The Bertz CT molecular complexity index is 651. The van der Waals surface area contributed by atoms with E-state index in [4.69, 9.17) is 10.8 Å². The molecule has 3 N–H and O–H groups in total. The van der Waals surface area contributed by atoms with E-state index in [2.05, 4.69) is 16.9 Å². The molecule has 0 amide bonds. The predicted molar refractivity (Wildman–Crippen MR) is 69.6 cm³/mol. The third kappa shape index (κ3) is 1.58. The highest BCUT2D eigenvalue weighted by Crippen LogP contribution is 2.32. The summed E-state index contributed by atoms with van der Waals surface area (Å²) in [5.41, 5.74) is 1.85. The normalized spacial score (nSPS) is 23.6. The van der Waals surface area contributed by atoms with Crippen molar-refractivity contribution in [2.75, 3.05) is 0 Å². The summed E-state index contributed by atoms with van der Waals surface area (Å²) in [6.07, 6.45) is 6.73. The van der Waals surface area contributed by atoms with Crippen LogP contribution in [0.5, 0.6) is 0 Å². The highest BCUT2D eigenvalue weighted by atomic mass is 15.1. The van der Waals surface area contributed by atoms with Gasteiger partial charge in [0.05, 0.1) is 11.7 Å². The largest absolute Gasteiger partial charge is 0.345 e. The lowest BCUT2D eigenvalue weighted by molar-refractivity contribution is 0.517. The molecule has 2 aromatic rings. The molecule has 0 aromatic carbocycles. The zero-order valence-electron chi connectivity index (χ0n) is 10.4. The van der Waals surface area contributed by atoms with Gasteiger partial charge in [0.2, 0.25) is 0 Å². The van der Waals surface area contributed by atoms with Crippen LogP contribution in [0.3, 0.4) is 0 Å². The highest BCUT2D eigenvalue weighted by molar-refractivity contribution is 5.91. The summed E-state index contributed by atoms with van der Waals surface area (Å²) in [7, 11) is 0. The topological polar surface area (TPSA) is 81.3 Å². The molecule has 0 aliphatic heterocycles. The summed E-state index contributed by atoms with van der Waals surface area (Å²) in [6, 6.07) is 1.88. The second-order valence-electron chi connectivity index (χ2n) is 5.09. The Hall–Kier alpha value is -1.91. The lowest BCUT2D eigenvalue weighted by Gasteiger charge is -2.19. The number of rotatable bonds is 1. The maximum atomic E-state index is 8.42. The minimum atomic E-state index is 0.264. The zero-order chi connectivity index (χ0) is 12.7. The van der Waals surface area contributed by atoms with E-state index < -0.39 is 0 Å². The van der Waals surface area contributed by atoms with Crippen LogP contribution in [0.4, 0.5) is 0 Å². The Morgan fingerprint density at radius 3 is 3.06 bits per heavy atom. The minimum Gasteiger partial charge on any atom is -0.345 e. The number of hydrogen-bond acceptors (Lipinski definition) is 3. The van der Waals surface area contributed by atoms with Crippen LogP contribution < -0.4 is 5.49 Å². The lowest BCUT2D eigenvalue weighted by atomic mass is 9.96. The van der Waals surface area contributed by atoms with Crippen molar-refractivity contribution in [3.63, 3.8) is 0 Å². The molecule has 0 saturated heterocycles. The van der Waals surface area contributed by atoms with Gasteiger partial charge in [-0.15, -0.1) is 0 Å². The molecule has 2 heterocycles. The van der Waals surface area contributed by atoms with Gasteiger partial charge in [-0.1, -0.05) is 13.3 Å². The average molecular weight is 243 g/mol. The second-order valence-corrected chi connectivity index (χ2v) is 5.09. The molecule has 18 heavy (non-hydrogen) atoms.